The molecule has 0 unspecified atom stereocenters. The van der Waals surface area contributed by atoms with Gasteiger partial charge in [0.2, 0.25) is 5.91 Å². The fourth-order valence-electron chi connectivity index (χ4n) is 3.71. The van der Waals surface area contributed by atoms with Crippen molar-refractivity contribution in [2.45, 2.75) is 32.9 Å². The van der Waals surface area contributed by atoms with Gasteiger partial charge in [0.05, 0.1) is 35.1 Å². The molecule has 2 aromatic heterocycles. The molecule has 0 bridgehead atoms. The molecule has 2 atom stereocenters. The van der Waals surface area contributed by atoms with E-state index in [0.29, 0.717) is 41.1 Å². The number of carbonyl (C=O) groups excluding carboxylic acids is 1. The number of pyridine rings is 1. The normalized spacial score (nSPS) is 17.4. The van der Waals surface area contributed by atoms with Crippen LogP contribution in [-0.2, 0) is 18.3 Å². The third-order valence-corrected chi connectivity index (χ3v) is 5.51. The molecule has 7 nitrogen and oxygen atoms in total. The van der Waals surface area contributed by atoms with Gasteiger partial charge in [-0.1, -0.05) is 6.92 Å². The summed E-state index contributed by atoms with van der Waals surface area (Å²) in [6.07, 6.45) is 1.19. The maximum absolute atomic E-state index is 15.1. The second-order valence-corrected chi connectivity index (χ2v) is 7.58. The number of hydrogen-bond donors (Lipinski definition) is 1. The summed E-state index contributed by atoms with van der Waals surface area (Å²) in [5, 5.41) is 11.9. The van der Waals surface area contributed by atoms with E-state index in [0.717, 1.165) is 0 Å². The number of hydrogen-bond acceptors (Lipinski definition) is 5. The molecule has 1 N–H and O–H groups in total. The second-order valence-electron chi connectivity index (χ2n) is 7.58. The quantitative estimate of drug-likeness (QED) is 0.646. The standard InChI is InChI=1S/C22H22F2N6O/c1-4-13-6-12(10-25)7-16(24)20(13)30(5-2)18-9-17-19(26-11-29(17)3)21(27-18)28-22(31)14-8-15(14)23/h6-7,9,11,14-15H,4-5,8H2,1-3H3,(H,27,28,31)/t14-,15+/m0/s1. The Morgan fingerprint density at radius 2 is 2.13 bits per heavy atom. The van der Waals surface area contributed by atoms with E-state index in [1.165, 1.54) is 6.07 Å². The molecule has 0 radical (unpaired) electrons. The van der Waals surface area contributed by atoms with Crippen molar-refractivity contribution in [3.63, 3.8) is 0 Å². The van der Waals surface area contributed by atoms with Crippen molar-refractivity contribution in [2.75, 3.05) is 16.8 Å². The minimum atomic E-state index is -1.13. The Labute approximate surface area is 178 Å². The zero-order valence-electron chi connectivity index (χ0n) is 17.5. The number of benzene rings is 1. The van der Waals surface area contributed by atoms with Crippen LogP contribution in [0.5, 0.6) is 0 Å². The third-order valence-electron chi connectivity index (χ3n) is 5.51. The van der Waals surface area contributed by atoms with Crippen LogP contribution in [0, 0.1) is 23.1 Å². The average Bonchev–Trinajstić information content (AvgIpc) is 3.38. The maximum atomic E-state index is 15.1. The van der Waals surface area contributed by atoms with Crippen molar-refractivity contribution in [2.24, 2.45) is 13.0 Å². The van der Waals surface area contributed by atoms with E-state index in [4.69, 9.17) is 0 Å². The van der Waals surface area contributed by atoms with E-state index in [-0.39, 0.29) is 17.8 Å². The first-order valence-corrected chi connectivity index (χ1v) is 10.1. The number of nitriles is 1. The number of aromatic nitrogens is 3. The molecule has 9 heteroatoms. The SMILES string of the molecule is CCc1cc(C#N)cc(F)c1N(CC)c1cc2c(ncn2C)c(NC(=O)[C@H]2C[C@H]2F)n1. The van der Waals surface area contributed by atoms with Gasteiger partial charge in [-0.15, -0.1) is 0 Å². The molecule has 0 saturated heterocycles. The molecule has 4 rings (SSSR count). The summed E-state index contributed by atoms with van der Waals surface area (Å²) in [4.78, 5) is 22.9. The molecule has 1 aromatic carbocycles. The van der Waals surface area contributed by atoms with E-state index in [2.05, 4.69) is 15.3 Å². The summed E-state index contributed by atoms with van der Waals surface area (Å²) in [5.41, 5.74) is 2.43. The number of nitrogens with one attached hydrogen (secondary N) is 1. The van der Waals surface area contributed by atoms with Crippen LogP contribution in [0.4, 0.5) is 26.1 Å². The van der Waals surface area contributed by atoms with Gasteiger partial charge in [-0.3, -0.25) is 4.79 Å². The number of anilines is 3. The lowest BCUT2D eigenvalue weighted by molar-refractivity contribution is -0.117. The molecule has 3 aromatic rings. The number of nitrogens with zero attached hydrogens (tertiary/aromatic N) is 5. The van der Waals surface area contributed by atoms with Gasteiger partial charge in [-0.05, 0) is 37.5 Å². The highest BCUT2D eigenvalue weighted by Crippen LogP contribution is 2.37. The van der Waals surface area contributed by atoms with Gasteiger partial charge in [0, 0.05) is 19.7 Å². The monoisotopic (exact) mass is 424 g/mol. The van der Waals surface area contributed by atoms with Gasteiger partial charge < -0.3 is 14.8 Å². The highest BCUT2D eigenvalue weighted by molar-refractivity contribution is 6.01. The summed E-state index contributed by atoms with van der Waals surface area (Å²) in [7, 11) is 1.80. The molecule has 0 aliphatic heterocycles. The van der Waals surface area contributed by atoms with Crippen LogP contribution in [0.3, 0.4) is 0 Å². The lowest BCUT2D eigenvalue weighted by atomic mass is 10.0. The fraction of sp³-hybridized carbons (Fsp3) is 0.364. The van der Waals surface area contributed by atoms with Crippen molar-refractivity contribution in [3.8, 4) is 6.07 Å². The van der Waals surface area contributed by atoms with Crippen molar-refractivity contribution >= 4 is 34.3 Å². The lowest BCUT2D eigenvalue weighted by Crippen LogP contribution is -2.22. The highest BCUT2D eigenvalue weighted by atomic mass is 19.1. The summed E-state index contributed by atoms with van der Waals surface area (Å²) in [5.74, 6) is -1.00. The number of aryl methyl sites for hydroxylation is 2. The minimum absolute atomic E-state index is 0.203. The van der Waals surface area contributed by atoms with Gasteiger partial charge in [0.25, 0.3) is 0 Å². The molecule has 0 spiro atoms. The van der Waals surface area contributed by atoms with Gasteiger partial charge in [-0.2, -0.15) is 5.26 Å². The zero-order chi connectivity index (χ0) is 22.3. The maximum Gasteiger partial charge on any atom is 0.231 e. The Bertz CT molecular complexity index is 1210. The Morgan fingerprint density at radius 3 is 2.74 bits per heavy atom. The molecule has 1 aliphatic carbocycles. The summed E-state index contributed by atoms with van der Waals surface area (Å²) < 4.78 is 30.2. The zero-order valence-corrected chi connectivity index (χ0v) is 17.5. The molecular formula is C22H22F2N6O. The van der Waals surface area contributed by atoms with Crippen LogP contribution in [-0.4, -0.2) is 33.2 Å². The molecule has 1 fully saturated rings. The summed E-state index contributed by atoms with van der Waals surface area (Å²) in [6, 6.07) is 6.63. The third kappa shape index (κ3) is 3.69. The molecule has 1 amide bonds. The van der Waals surface area contributed by atoms with Gasteiger partial charge >= 0.3 is 0 Å². The lowest BCUT2D eigenvalue weighted by Gasteiger charge is -2.26. The van der Waals surface area contributed by atoms with Crippen LogP contribution >= 0.6 is 0 Å². The summed E-state index contributed by atoms with van der Waals surface area (Å²) >= 11 is 0. The predicted octanol–water partition coefficient (Wildman–Crippen LogP) is 4.00. The average molecular weight is 424 g/mol. The van der Waals surface area contributed by atoms with Gasteiger partial charge in [-0.25, -0.2) is 18.7 Å². The number of amides is 1. The van der Waals surface area contributed by atoms with Crippen molar-refractivity contribution in [1.82, 2.24) is 14.5 Å². The Kier molecular flexibility index (Phi) is 5.31. The van der Waals surface area contributed by atoms with E-state index in [9.17, 15) is 14.4 Å². The number of fused-ring (bicyclic) bond motifs is 1. The molecule has 1 saturated carbocycles. The molecule has 160 valence electrons. The van der Waals surface area contributed by atoms with Crippen LogP contribution < -0.4 is 10.2 Å². The number of carbonyl (C=O) groups is 1. The second kappa shape index (κ2) is 7.95. The van der Waals surface area contributed by atoms with Crippen molar-refractivity contribution in [1.29, 1.82) is 5.26 Å². The first-order valence-electron chi connectivity index (χ1n) is 10.1. The molecular weight excluding hydrogens is 402 g/mol. The van der Waals surface area contributed by atoms with Crippen LogP contribution in [0.1, 0.15) is 31.4 Å². The Balaban J connectivity index is 1.84. The smallest absolute Gasteiger partial charge is 0.231 e. The molecule has 2 heterocycles. The van der Waals surface area contributed by atoms with Crippen LogP contribution in [0.25, 0.3) is 11.0 Å². The molecule has 31 heavy (non-hydrogen) atoms. The fourth-order valence-corrected chi connectivity index (χ4v) is 3.71. The number of imidazole rings is 1. The Hall–Kier alpha value is -3.54. The van der Waals surface area contributed by atoms with Crippen molar-refractivity contribution in [3.05, 3.63) is 41.5 Å². The largest absolute Gasteiger partial charge is 0.334 e. The van der Waals surface area contributed by atoms with E-state index in [1.807, 2.05) is 19.9 Å². The minimum Gasteiger partial charge on any atom is -0.334 e. The number of rotatable bonds is 6. The van der Waals surface area contributed by atoms with Crippen LogP contribution in [0.15, 0.2) is 24.5 Å². The van der Waals surface area contributed by atoms with E-state index < -0.39 is 23.8 Å². The first kappa shape index (κ1) is 20.7. The highest BCUT2D eigenvalue weighted by Gasteiger charge is 2.44. The first-order chi connectivity index (χ1) is 14.9. The number of halogens is 2. The topological polar surface area (TPSA) is 86.8 Å². The van der Waals surface area contributed by atoms with Crippen LogP contribution in [0.2, 0.25) is 0 Å². The van der Waals surface area contributed by atoms with E-state index >= 15 is 4.39 Å². The molecule has 1 aliphatic rings. The summed E-state index contributed by atoms with van der Waals surface area (Å²) in [6.45, 7) is 4.15. The number of alkyl halides is 1. The van der Waals surface area contributed by atoms with E-state index in [1.54, 1.807) is 35.0 Å². The predicted molar refractivity (Wildman–Crippen MR) is 113 cm³/mol. The van der Waals surface area contributed by atoms with Crippen molar-refractivity contribution < 1.29 is 13.6 Å². The Morgan fingerprint density at radius 1 is 1.39 bits per heavy atom. The van der Waals surface area contributed by atoms with Gasteiger partial charge in [0.15, 0.2) is 5.82 Å². The van der Waals surface area contributed by atoms with Gasteiger partial charge in [0.1, 0.15) is 23.3 Å².